The maximum atomic E-state index is 11.3. The summed E-state index contributed by atoms with van der Waals surface area (Å²) >= 11 is 3.56. The Kier molecular flexibility index (Phi) is 4.60. The van der Waals surface area contributed by atoms with Gasteiger partial charge in [0.05, 0.1) is 18.9 Å². The highest BCUT2D eigenvalue weighted by atomic mass is 79.9. The molecule has 0 aromatic heterocycles. The Bertz CT molecular complexity index is 431. The molecule has 1 N–H and O–H groups in total. The molecule has 0 spiro atoms. The monoisotopic (exact) mass is 312 g/mol. The topological polar surface area (TPSA) is 41.6 Å². The van der Waals surface area contributed by atoms with Crippen LogP contribution in [-0.4, -0.2) is 32.2 Å². The van der Waals surface area contributed by atoms with Gasteiger partial charge in [-0.3, -0.25) is 4.79 Å². The third-order valence-electron chi connectivity index (χ3n) is 2.90. The number of rotatable bonds is 3. The van der Waals surface area contributed by atoms with Gasteiger partial charge >= 0.3 is 0 Å². The fraction of sp³-hybridized carbons (Fsp3) is 0.462. The van der Waals surface area contributed by atoms with Crippen LogP contribution in [0.15, 0.2) is 22.7 Å². The minimum absolute atomic E-state index is 0.0287. The lowest BCUT2D eigenvalue weighted by molar-refractivity contribution is -0.115. The van der Waals surface area contributed by atoms with E-state index in [0.29, 0.717) is 6.42 Å². The highest BCUT2D eigenvalue weighted by Crippen LogP contribution is 2.29. The molecule has 0 unspecified atom stereocenters. The first-order chi connectivity index (χ1) is 8.70. The number of carbonyl (C=O) groups excluding carboxylic acids is 1. The van der Waals surface area contributed by atoms with E-state index < -0.39 is 0 Å². The molecule has 2 rings (SSSR count). The van der Waals surface area contributed by atoms with Crippen LogP contribution in [-0.2, 0) is 9.53 Å². The van der Waals surface area contributed by atoms with E-state index in [1.165, 1.54) is 0 Å². The van der Waals surface area contributed by atoms with Crippen LogP contribution in [0.1, 0.15) is 13.3 Å². The smallest absolute Gasteiger partial charge is 0.224 e. The predicted octanol–water partition coefficient (Wildman–Crippen LogP) is 2.63. The van der Waals surface area contributed by atoms with Gasteiger partial charge in [0.1, 0.15) is 0 Å². The number of morpholine rings is 1. The van der Waals surface area contributed by atoms with Crippen LogP contribution in [0.5, 0.6) is 0 Å². The van der Waals surface area contributed by atoms with Crippen molar-refractivity contribution in [2.24, 2.45) is 0 Å². The zero-order chi connectivity index (χ0) is 13.0. The van der Waals surface area contributed by atoms with Crippen molar-refractivity contribution in [3.05, 3.63) is 22.7 Å². The summed E-state index contributed by atoms with van der Waals surface area (Å²) in [6.45, 7) is 5.17. The van der Waals surface area contributed by atoms with Crippen LogP contribution in [0.25, 0.3) is 0 Å². The van der Waals surface area contributed by atoms with Gasteiger partial charge in [0.2, 0.25) is 5.91 Å². The minimum atomic E-state index is 0.0287. The first-order valence-electron chi connectivity index (χ1n) is 6.13. The Labute approximate surface area is 115 Å². The highest BCUT2D eigenvalue weighted by Gasteiger charge is 2.14. The van der Waals surface area contributed by atoms with Gasteiger partial charge in [0.15, 0.2) is 0 Å². The molecular weight excluding hydrogens is 296 g/mol. The van der Waals surface area contributed by atoms with Crippen molar-refractivity contribution >= 4 is 33.2 Å². The summed E-state index contributed by atoms with van der Waals surface area (Å²) in [6.07, 6.45) is 0.489. The summed E-state index contributed by atoms with van der Waals surface area (Å²) in [6, 6.07) is 5.90. The quantitative estimate of drug-likeness (QED) is 0.933. The number of benzene rings is 1. The van der Waals surface area contributed by atoms with Gasteiger partial charge in [-0.2, -0.15) is 0 Å². The molecular formula is C13H17BrN2O2. The third-order valence-corrected chi connectivity index (χ3v) is 3.54. The number of hydrogen-bond donors (Lipinski definition) is 1. The SMILES string of the molecule is CCC(=O)Nc1ccc(N2CCOCC2)c(Br)c1. The van der Waals surface area contributed by atoms with E-state index in [9.17, 15) is 4.79 Å². The molecule has 18 heavy (non-hydrogen) atoms. The molecule has 1 aliphatic heterocycles. The number of halogens is 1. The van der Waals surface area contributed by atoms with E-state index in [1.54, 1.807) is 0 Å². The summed E-state index contributed by atoms with van der Waals surface area (Å²) in [7, 11) is 0. The highest BCUT2D eigenvalue weighted by molar-refractivity contribution is 9.10. The first-order valence-corrected chi connectivity index (χ1v) is 6.92. The number of carbonyl (C=O) groups is 1. The molecule has 0 radical (unpaired) electrons. The maximum absolute atomic E-state index is 11.3. The average molecular weight is 313 g/mol. The second kappa shape index (κ2) is 6.20. The molecule has 0 aliphatic carbocycles. The third kappa shape index (κ3) is 3.23. The van der Waals surface area contributed by atoms with Gasteiger partial charge in [-0.1, -0.05) is 6.92 Å². The predicted molar refractivity (Wildman–Crippen MR) is 76.1 cm³/mol. The molecule has 1 saturated heterocycles. The van der Waals surface area contributed by atoms with Crippen molar-refractivity contribution in [3.63, 3.8) is 0 Å². The van der Waals surface area contributed by atoms with Gasteiger partial charge in [0, 0.05) is 29.7 Å². The number of nitrogens with one attached hydrogen (secondary N) is 1. The Morgan fingerprint density at radius 3 is 2.78 bits per heavy atom. The molecule has 1 amide bonds. The molecule has 1 heterocycles. The van der Waals surface area contributed by atoms with Gasteiger partial charge < -0.3 is 15.0 Å². The molecule has 0 bridgehead atoms. The van der Waals surface area contributed by atoms with Crippen LogP contribution in [0.3, 0.4) is 0 Å². The lowest BCUT2D eigenvalue weighted by Gasteiger charge is -2.29. The van der Waals surface area contributed by atoms with Gasteiger partial charge in [-0.25, -0.2) is 0 Å². The second-order valence-corrected chi connectivity index (χ2v) is 5.02. The molecule has 1 aromatic carbocycles. The van der Waals surface area contributed by atoms with Gasteiger partial charge in [0.25, 0.3) is 0 Å². The lowest BCUT2D eigenvalue weighted by Crippen LogP contribution is -2.36. The molecule has 98 valence electrons. The second-order valence-electron chi connectivity index (χ2n) is 4.17. The Balaban J connectivity index is 2.11. The van der Waals surface area contributed by atoms with Gasteiger partial charge in [-0.15, -0.1) is 0 Å². The van der Waals surface area contributed by atoms with E-state index in [1.807, 2.05) is 25.1 Å². The number of nitrogens with zero attached hydrogens (tertiary/aromatic N) is 1. The summed E-state index contributed by atoms with van der Waals surface area (Å²) in [4.78, 5) is 13.6. The largest absolute Gasteiger partial charge is 0.378 e. The van der Waals surface area contributed by atoms with Crippen LogP contribution < -0.4 is 10.2 Å². The van der Waals surface area contributed by atoms with Crippen molar-refractivity contribution in [2.75, 3.05) is 36.5 Å². The summed E-state index contributed by atoms with van der Waals surface area (Å²) in [5.41, 5.74) is 1.97. The fourth-order valence-corrected chi connectivity index (χ4v) is 2.52. The van der Waals surface area contributed by atoms with Crippen molar-refractivity contribution in [3.8, 4) is 0 Å². The van der Waals surface area contributed by atoms with E-state index in [-0.39, 0.29) is 5.91 Å². The van der Waals surface area contributed by atoms with E-state index in [0.717, 1.165) is 42.2 Å². The fourth-order valence-electron chi connectivity index (χ4n) is 1.89. The maximum Gasteiger partial charge on any atom is 0.224 e. The summed E-state index contributed by atoms with van der Waals surface area (Å²) in [5.74, 6) is 0.0287. The van der Waals surface area contributed by atoms with Crippen LogP contribution >= 0.6 is 15.9 Å². The van der Waals surface area contributed by atoms with Crippen LogP contribution in [0.2, 0.25) is 0 Å². The van der Waals surface area contributed by atoms with Crippen molar-refractivity contribution in [1.29, 1.82) is 0 Å². The summed E-state index contributed by atoms with van der Waals surface area (Å²) < 4.78 is 6.34. The standard InChI is InChI=1S/C13H17BrN2O2/c1-2-13(17)15-10-3-4-12(11(14)9-10)16-5-7-18-8-6-16/h3-4,9H,2,5-8H2,1H3,(H,15,17). The first kappa shape index (κ1) is 13.4. The van der Waals surface area contributed by atoms with Crippen molar-refractivity contribution in [2.45, 2.75) is 13.3 Å². The Hall–Kier alpha value is -1.07. The Morgan fingerprint density at radius 1 is 1.44 bits per heavy atom. The Morgan fingerprint density at radius 2 is 2.17 bits per heavy atom. The zero-order valence-electron chi connectivity index (χ0n) is 10.4. The molecule has 1 fully saturated rings. The van der Waals surface area contributed by atoms with Crippen molar-refractivity contribution < 1.29 is 9.53 Å². The number of anilines is 2. The number of hydrogen-bond acceptors (Lipinski definition) is 3. The molecule has 1 aromatic rings. The molecule has 4 nitrogen and oxygen atoms in total. The molecule has 5 heteroatoms. The van der Waals surface area contributed by atoms with E-state index in [4.69, 9.17) is 4.74 Å². The molecule has 0 saturated carbocycles. The minimum Gasteiger partial charge on any atom is -0.378 e. The van der Waals surface area contributed by atoms with E-state index >= 15 is 0 Å². The average Bonchev–Trinajstić information content (AvgIpc) is 2.40. The summed E-state index contributed by atoms with van der Waals surface area (Å²) in [5, 5.41) is 2.85. The number of amides is 1. The van der Waals surface area contributed by atoms with E-state index in [2.05, 4.69) is 26.1 Å². The van der Waals surface area contributed by atoms with Gasteiger partial charge in [-0.05, 0) is 34.1 Å². The normalized spacial score (nSPS) is 15.6. The number of ether oxygens (including phenoxy) is 1. The lowest BCUT2D eigenvalue weighted by atomic mass is 10.2. The van der Waals surface area contributed by atoms with Crippen LogP contribution in [0, 0.1) is 0 Å². The zero-order valence-corrected chi connectivity index (χ0v) is 12.0. The molecule has 1 aliphatic rings. The van der Waals surface area contributed by atoms with Crippen LogP contribution in [0.4, 0.5) is 11.4 Å². The molecule has 0 atom stereocenters. The van der Waals surface area contributed by atoms with Crippen molar-refractivity contribution in [1.82, 2.24) is 0 Å².